The Labute approximate surface area is 96.4 Å². The summed E-state index contributed by atoms with van der Waals surface area (Å²) in [4.78, 5) is 11.9. The molecule has 0 spiro atoms. The summed E-state index contributed by atoms with van der Waals surface area (Å²) in [5.74, 6) is -0.285. The molecule has 4 heteroatoms. The van der Waals surface area contributed by atoms with Gasteiger partial charge in [-0.1, -0.05) is 13.8 Å². The first-order chi connectivity index (χ1) is 7.62. The maximum absolute atomic E-state index is 11.9. The summed E-state index contributed by atoms with van der Waals surface area (Å²) in [6.07, 6.45) is 3.42. The number of nitrogens with two attached hydrogens (primary N) is 1. The third-order valence-corrected chi connectivity index (χ3v) is 2.65. The van der Waals surface area contributed by atoms with Gasteiger partial charge >= 0.3 is 5.97 Å². The summed E-state index contributed by atoms with van der Waals surface area (Å²) in [5.41, 5.74) is 6.79. The number of nitrogens with zero attached hydrogens (tertiary/aromatic N) is 1. The van der Waals surface area contributed by atoms with Gasteiger partial charge in [0.2, 0.25) is 0 Å². The highest BCUT2D eigenvalue weighted by Gasteiger charge is 2.16. The maximum atomic E-state index is 11.9. The smallest absolute Gasteiger partial charge is 0.355 e. The molecule has 0 fully saturated rings. The second-order valence-electron chi connectivity index (χ2n) is 3.79. The zero-order chi connectivity index (χ0) is 12.1. The molecule has 4 nitrogen and oxygen atoms in total. The highest BCUT2D eigenvalue weighted by Crippen LogP contribution is 2.14. The van der Waals surface area contributed by atoms with Crippen LogP contribution in [0.1, 0.15) is 44.1 Å². The zero-order valence-corrected chi connectivity index (χ0v) is 10.2. The number of rotatable bonds is 5. The van der Waals surface area contributed by atoms with Gasteiger partial charge in [0.15, 0.2) is 0 Å². The highest BCUT2D eigenvalue weighted by molar-refractivity contribution is 5.89. The Morgan fingerprint density at radius 2 is 2.06 bits per heavy atom. The molecule has 16 heavy (non-hydrogen) atoms. The van der Waals surface area contributed by atoms with E-state index in [2.05, 4.69) is 0 Å². The van der Waals surface area contributed by atoms with Crippen molar-refractivity contribution in [2.45, 2.75) is 46.3 Å². The van der Waals surface area contributed by atoms with Gasteiger partial charge in [-0.3, -0.25) is 0 Å². The zero-order valence-electron chi connectivity index (χ0n) is 10.2. The number of anilines is 1. The van der Waals surface area contributed by atoms with Crippen molar-refractivity contribution < 1.29 is 9.53 Å². The molecule has 0 saturated carbocycles. The Morgan fingerprint density at radius 3 is 2.56 bits per heavy atom. The van der Waals surface area contributed by atoms with Crippen molar-refractivity contribution in [3.8, 4) is 0 Å². The van der Waals surface area contributed by atoms with Crippen LogP contribution in [0.2, 0.25) is 0 Å². The van der Waals surface area contributed by atoms with E-state index < -0.39 is 0 Å². The molecule has 0 bridgehead atoms. The summed E-state index contributed by atoms with van der Waals surface area (Å²) in [5, 5.41) is 0. The van der Waals surface area contributed by atoms with Gasteiger partial charge in [0.1, 0.15) is 11.8 Å². The minimum absolute atomic E-state index is 0.00562. The Hall–Kier alpha value is -1.45. The quantitative estimate of drug-likeness (QED) is 0.781. The van der Waals surface area contributed by atoms with E-state index in [0.29, 0.717) is 17.9 Å². The van der Waals surface area contributed by atoms with Gasteiger partial charge in [-0.25, -0.2) is 4.79 Å². The molecule has 0 aliphatic heterocycles. The van der Waals surface area contributed by atoms with Crippen molar-refractivity contribution in [2.24, 2.45) is 0 Å². The van der Waals surface area contributed by atoms with Crippen LogP contribution in [0.25, 0.3) is 0 Å². The average Bonchev–Trinajstić information content (AvgIpc) is 2.67. The molecule has 1 rings (SSSR count). The third kappa shape index (κ3) is 2.78. The first-order valence-electron chi connectivity index (χ1n) is 5.78. The van der Waals surface area contributed by atoms with Gasteiger partial charge in [-0.05, 0) is 25.8 Å². The minimum Gasteiger partial charge on any atom is -0.458 e. The summed E-state index contributed by atoms with van der Waals surface area (Å²) < 4.78 is 7.18. The van der Waals surface area contributed by atoms with Crippen LogP contribution in [0.5, 0.6) is 0 Å². The van der Waals surface area contributed by atoms with E-state index in [1.54, 1.807) is 16.8 Å². The fourth-order valence-corrected chi connectivity index (χ4v) is 1.63. The second-order valence-corrected chi connectivity index (χ2v) is 3.79. The number of carbonyl (C=O) groups is 1. The number of nitrogen functional groups attached to an aromatic ring is 1. The number of aryl methyl sites for hydroxylation is 1. The SMILES string of the molecule is CCC(CC)OC(=O)c1cc(N)cn1CC. The van der Waals surface area contributed by atoms with E-state index in [1.807, 2.05) is 20.8 Å². The molecule has 0 aliphatic rings. The molecule has 90 valence electrons. The standard InChI is InChI=1S/C12H20N2O2/c1-4-10(5-2)16-12(15)11-7-9(13)8-14(11)6-3/h7-8,10H,4-6,13H2,1-3H3. The molecule has 0 amide bonds. The van der Waals surface area contributed by atoms with Gasteiger partial charge in [-0.2, -0.15) is 0 Å². The first-order valence-corrected chi connectivity index (χ1v) is 5.78. The number of carbonyl (C=O) groups excluding carboxylic acids is 1. The predicted octanol–water partition coefficient (Wildman–Crippen LogP) is 2.44. The Kier molecular flexibility index (Phi) is 4.40. The summed E-state index contributed by atoms with van der Waals surface area (Å²) in [6.45, 7) is 6.70. The van der Waals surface area contributed by atoms with E-state index in [4.69, 9.17) is 10.5 Å². The lowest BCUT2D eigenvalue weighted by molar-refractivity contribution is 0.0272. The summed E-state index contributed by atoms with van der Waals surface area (Å²) >= 11 is 0. The van der Waals surface area contributed by atoms with Crippen molar-refractivity contribution in [3.63, 3.8) is 0 Å². The van der Waals surface area contributed by atoms with Crippen molar-refractivity contribution >= 4 is 11.7 Å². The number of hydrogen-bond acceptors (Lipinski definition) is 3. The highest BCUT2D eigenvalue weighted by atomic mass is 16.5. The summed E-state index contributed by atoms with van der Waals surface area (Å²) in [7, 11) is 0. The van der Waals surface area contributed by atoms with E-state index >= 15 is 0 Å². The van der Waals surface area contributed by atoms with Crippen molar-refractivity contribution in [1.82, 2.24) is 4.57 Å². The molecular weight excluding hydrogens is 204 g/mol. The molecule has 0 aromatic carbocycles. The van der Waals surface area contributed by atoms with Gasteiger partial charge in [0, 0.05) is 12.7 Å². The molecule has 0 saturated heterocycles. The Balaban J connectivity index is 2.79. The third-order valence-electron chi connectivity index (χ3n) is 2.65. The molecule has 0 unspecified atom stereocenters. The molecule has 2 N–H and O–H groups in total. The van der Waals surface area contributed by atoms with E-state index in [0.717, 1.165) is 12.8 Å². The average molecular weight is 224 g/mol. The fraction of sp³-hybridized carbons (Fsp3) is 0.583. The predicted molar refractivity (Wildman–Crippen MR) is 64.3 cm³/mol. The first kappa shape index (κ1) is 12.6. The summed E-state index contributed by atoms with van der Waals surface area (Å²) in [6, 6.07) is 1.66. The number of hydrogen-bond donors (Lipinski definition) is 1. The van der Waals surface area contributed by atoms with Gasteiger partial charge < -0.3 is 15.0 Å². The number of esters is 1. The monoisotopic (exact) mass is 224 g/mol. The molecule has 1 heterocycles. The van der Waals surface area contributed by atoms with E-state index in [9.17, 15) is 4.79 Å². The van der Waals surface area contributed by atoms with E-state index in [1.165, 1.54) is 0 Å². The fourth-order valence-electron chi connectivity index (χ4n) is 1.63. The second kappa shape index (κ2) is 5.58. The van der Waals surface area contributed by atoms with Crippen LogP contribution in [0.3, 0.4) is 0 Å². The van der Waals surface area contributed by atoms with Gasteiger partial charge in [0.05, 0.1) is 5.69 Å². The lowest BCUT2D eigenvalue weighted by Gasteiger charge is -2.14. The van der Waals surface area contributed by atoms with E-state index in [-0.39, 0.29) is 12.1 Å². The maximum Gasteiger partial charge on any atom is 0.355 e. The Bertz CT molecular complexity index is 354. The van der Waals surface area contributed by atoms with Crippen LogP contribution < -0.4 is 5.73 Å². The van der Waals surface area contributed by atoms with Crippen LogP contribution in [0.15, 0.2) is 12.3 Å². The van der Waals surface area contributed by atoms with Crippen LogP contribution >= 0.6 is 0 Å². The molecule has 0 aliphatic carbocycles. The van der Waals surface area contributed by atoms with Crippen LogP contribution in [0, 0.1) is 0 Å². The van der Waals surface area contributed by atoms with Crippen molar-refractivity contribution in [3.05, 3.63) is 18.0 Å². The normalized spacial score (nSPS) is 10.8. The van der Waals surface area contributed by atoms with Gasteiger partial charge in [0.25, 0.3) is 0 Å². The molecular formula is C12H20N2O2. The molecule has 1 aromatic rings. The molecule has 0 atom stereocenters. The largest absolute Gasteiger partial charge is 0.458 e. The molecule has 0 radical (unpaired) electrons. The Morgan fingerprint density at radius 1 is 1.44 bits per heavy atom. The van der Waals surface area contributed by atoms with Crippen LogP contribution in [-0.4, -0.2) is 16.6 Å². The van der Waals surface area contributed by atoms with Crippen molar-refractivity contribution in [2.75, 3.05) is 5.73 Å². The van der Waals surface area contributed by atoms with Gasteiger partial charge in [-0.15, -0.1) is 0 Å². The van der Waals surface area contributed by atoms with Crippen LogP contribution in [-0.2, 0) is 11.3 Å². The topological polar surface area (TPSA) is 57.2 Å². The van der Waals surface area contributed by atoms with Crippen LogP contribution in [0.4, 0.5) is 5.69 Å². The molecule has 1 aromatic heterocycles. The lowest BCUT2D eigenvalue weighted by atomic mass is 10.2. The lowest BCUT2D eigenvalue weighted by Crippen LogP contribution is -2.19. The number of ether oxygens (including phenoxy) is 1. The minimum atomic E-state index is -0.285. The number of aromatic nitrogens is 1. The van der Waals surface area contributed by atoms with Crippen molar-refractivity contribution in [1.29, 1.82) is 0 Å².